The number of aromatic hydroxyl groups is 1. The number of fused-ring (bicyclic) bond motifs is 1. The van der Waals surface area contributed by atoms with Crippen LogP contribution < -0.4 is 4.74 Å². The minimum Gasteiger partial charge on any atom is -0.493 e. The molecule has 1 aromatic heterocycles. The van der Waals surface area contributed by atoms with Crippen molar-refractivity contribution in [3.05, 3.63) is 50.4 Å². The Balaban J connectivity index is 1.83. The zero-order valence-corrected chi connectivity index (χ0v) is 17.4. The molecular weight excluding hydrogens is 457 g/mol. The number of rotatable bonds is 4. The summed E-state index contributed by atoms with van der Waals surface area (Å²) in [6.45, 7) is 3.44. The van der Waals surface area contributed by atoms with Crippen molar-refractivity contribution in [1.29, 1.82) is 0 Å². The van der Waals surface area contributed by atoms with E-state index in [-0.39, 0.29) is 16.6 Å². The molecule has 0 spiro atoms. The lowest BCUT2D eigenvalue weighted by molar-refractivity contribution is -0.124. The molecule has 0 fully saturated rings. The number of benzene rings is 2. The van der Waals surface area contributed by atoms with Crippen LogP contribution in [0.15, 0.2) is 45.0 Å². The molecule has 0 saturated carbocycles. The van der Waals surface area contributed by atoms with E-state index in [2.05, 4.69) is 31.1 Å². The highest BCUT2D eigenvalue weighted by Crippen LogP contribution is 2.41. The van der Waals surface area contributed by atoms with E-state index in [9.17, 15) is 9.90 Å². The normalized spacial score (nSPS) is 12.6. The zero-order chi connectivity index (χ0) is 19.7. The molecule has 1 atom stereocenters. The maximum absolute atomic E-state index is 12.3. The molecule has 1 unspecified atom stereocenters. The molecule has 140 valence electrons. The number of amides is 1. The Morgan fingerprint density at radius 3 is 2.74 bits per heavy atom. The molecule has 1 amide bonds. The van der Waals surface area contributed by atoms with E-state index in [1.807, 2.05) is 19.1 Å². The molecule has 2 aromatic carbocycles. The molecule has 1 heterocycles. The first kappa shape index (κ1) is 19.7. The Morgan fingerprint density at radius 1 is 1.30 bits per heavy atom. The molecule has 0 saturated heterocycles. The van der Waals surface area contributed by atoms with Crippen molar-refractivity contribution in [3.8, 4) is 11.6 Å². The van der Waals surface area contributed by atoms with Gasteiger partial charge in [-0.3, -0.25) is 4.79 Å². The minimum atomic E-state index is -0.926. The number of nitrogens with zero attached hydrogens (tertiary/aromatic N) is 2. The fourth-order valence-electron chi connectivity index (χ4n) is 2.41. The maximum atomic E-state index is 12.3. The maximum Gasteiger partial charge on any atom is 0.304 e. The number of H-pyrrole nitrogens is 1. The third kappa shape index (κ3) is 4.10. The van der Waals surface area contributed by atoms with Gasteiger partial charge in [-0.1, -0.05) is 29.3 Å². The first-order valence-corrected chi connectivity index (χ1v) is 9.40. The van der Waals surface area contributed by atoms with E-state index < -0.39 is 12.0 Å². The molecule has 0 aliphatic carbocycles. The lowest BCUT2D eigenvalue weighted by atomic mass is 10.1. The van der Waals surface area contributed by atoms with Gasteiger partial charge in [-0.2, -0.15) is 0 Å². The van der Waals surface area contributed by atoms with Crippen molar-refractivity contribution in [2.24, 2.45) is 10.2 Å². The highest BCUT2D eigenvalue weighted by atomic mass is 79.9. The number of aryl methyl sites for hydroxylation is 1. The number of aromatic amines is 1. The smallest absolute Gasteiger partial charge is 0.304 e. The minimum absolute atomic E-state index is 0.172. The highest BCUT2D eigenvalue weighted by molar-refractivity contribution is 9.10. The van der Waals surface area contributed by atoms with Gasteiger partial charge in [0.15, 0.2) is 11.8 Å². The van der Waals surface area contributed by atoms with Crippen molar-refractivity contribution < 1.29 is 14.6 Å². The molecule has 9 heteroatoms. The van der Waals surface area contributed by atoms with Crippen molar-refractivity contribution in [1.82, 2.24) is 4.98 Å². The number of carbonyl (C=O) groups excluding carboxylic acids is 1. The summed E-state index contributed by atoms with van der Waals surface area (Å²) in [6, 6.07) is 8.38. The van der Waals surface area contributed by atoms with Gasteiger partial charge in [-0.25, -0.2) is 0 Å². The number of hydrogen-bond acceptors (Lipinski definition) is 4. The van der Waals surface area contributed by atoms with Gasteiger partial charge in [0.25, 0.3) is 0 Å². The van der Waals surface area contributed by atoms with Gasteiger partial charge < -0.3 is 14.8 Å². The first-order chi connectivity index (χ1) is 12.8. The monoisotopic (exact) mass is 469 g/mol. The molecule has 0 aliphatic rings. The Morgan fingerprint density at radius 2 is 2.04 bits per heavy atom. The van der Waals surface area contributed by atoms with Gasteiger partial charge in [0, 0.05) is 14.9 Å². The Kier molecular flexibility index (Phi) is 5.74. The van der Waals surface area contributed by atoms with Crippen molar-refractivity contribution in [3.63, 3.8) is 0 Å². The van der Waals surface area contributed by atoms with Crippen LogP contribution in [-0.4, -0.2) is 22.1 Å². The molecule has 6 nitrogen and oxygen atoms in total. The van der Waals surface area contributed by atoms with Crippen LogP contribution in [0.25, 0.3) is 10.9 Å². The van der Waals surface area contributed by atoms with Crippen LogP contribution in [0.4, 0.5) is 5.69 Å². The molecule has 3 rings (SSSR count). The van der Waals surface area contributed by atoms with E-state index in [1.54, 1.807) is 12.1 Å². The van der Waals surface area contributed by atoms with Crippen LogP contribution in [0.1, 0.15) is 12.5 Å². The summed E-state index contributed by atoms with van der Waals surface area (Å²) in [5.74, 6) is -0.494. The van der Waals surface area contributed by atoms with Gasteiger partial charge in [0.1, 0.15) is 5.75 Å². The van der Waals surface area contributed by atoms with Gasteiger partial charge >= 0.3 is 5.91 Å². The standard InChI is InChI=1S/C18H14BrCl2N3O3/c1-8-3-5-12-14(15(8)19)16(18(26)22-12)23-24-17(25)9(2)27-13-6-4-10(20)7-11(13)21/h3-7,9,22,26H,1-2H3. The molecular formula is C18H14BrCl2N3O3. The summed E-state index contributed by atoms with van der Waals surface area (Å²) in [6.07, 6.45) is -0.926. The lowest BCUT2D eigenvalue weighted by Gasteiger charge is -2.12. The summed E-state index contributed by atoms with van der Waals surface area (Å²) in [7, 11) is 0. The number of aromatic nitrogens is 1. The van der Waals surface area contributed by atoms with E-state index in [1.165, 1.54) is 13.0 Å². The van der Waals surface area contributed by atoms with Crippen LogP contribution in [-0.2, 0) is 4.79 Å². The molecule has 0 radical (unpaired) electrons. The van der Waals surface area contributed by atoms with Crippen molar-refractivity contribution >= 4 is 61.6 Å². The number of ether oxygens (including phenoxy) is 1. The predicted octanol–water partition coefficient (Wildman–Crippen LogP) is 6.33. The summed E-state index contributed by atoms with van der Waals surface area (Å²) in [5, 5.41) is 19.1. The average molecular weight is 471 g/mol. The fraction of sp³-hybridized carbons (Fsp3) is 0.167. The highest BCUT2D eigenvalue weighted by Gasteiger charge is 2.18. The van der Waals surface area contributed by atoms with Gasteiger partial charge in [-0.05, 0) is 59.6 Å². The average Bonchev–Trinajstić information content (AvgIpc) is 2.94. The number of nitrogens with one attached hydrogen (secondary N) is 1. The summed E-state index contributed by atoms with van der Waals surface area (Å²) in [4.78, 5) is 15.1. The fourth-order valence-corrected chi connectivity index (χ4v) is 3.40. The largest absolute Gasteiger partial charge is 0.493 e. The topological polar surface area (TPSA) is 87.0 Å². The Labute approximate surface area is 173 Å². The number of hydrogen-bond donors (Lipinski definition) is 2. The van der Waals surface area contributed by atoms with Gasteiger partial charge in [0.2, 0.25) is 5.88 Å². The van der Waals surface area contributed by atoms with Crippen LogP contribution in [0, 0.1) is 6.92 Å². The quantitative estimate of drug-likeness (QED) is 0.436. The second-order valence-electron chi connectivity index (χ2n) is 5.81. The second kappa shape index (κ2) is 7.88. The van der Waals surface area contributed by atoms with Crippen molar-refractivity contribution in [2.45, 2.75) is 20.0 Å². The molecule has 2 N–H and O–H groups in total. The van der Waals surface area contributed by atoms with Gasteiger partial charge in [0.05, 0.1) is 10.5 Å². The third-order valence-corrected chi connectivity index (χ3v) is 5.40. The summed E-state index contributed by atoms with van der Waals surface area (Å²) in [5.41, 5.74) is 1.80. The van der Waals surface area contributed by atoms with E-state index in [0.29, 0.717) is 21.7 Å². The SMILES string of the molecule is Cc1ccc2[nH]c(O)c(N=NC(=O)C(C)Oc3ccc(Cl)cc3Cl)c2c1Br. The van der Waals surface area contributed by atoms with Crippen LogP contribution in [0.2, 0.25) is 10.0 Å². The molecule has 0 bridgehead atoms. The van der Waals surface area contributed by atoms with Gasteiger partial charge in [-0.15, -0.1) is 10.2 Å². The second-order valence-corrected chi connectivity index (χ2v) is 7.45. The summed E-state index contributed by atoms with van der Waals surface area (Å²) >= 11 is 15.3. The van der Waals surface area contributed by atoms with E-state index in [4.69, 9.17) is 27.9 Å². The Bertz CT molecular complexity index is 1070. The number of halogens is 3. The lowest BCUT2D eigenvalue weighted by Crippen LogP contribution is -2.21. The molecule has 0 aliphatic heterocycles. The van der Waals surface area contributed by atoms with Crippen LogP contribution in [0.3, 0.4) is 0 Å². The molecule has 27 heavy (non-hydrogen) atoms. The van der Waals surface area contributed by atoms with E-state index in [0.717, 1.165) is 10.0 Å². The predicted molar refractivity (Wildman–Crippen MR) is 108 cm³/mol. The first-order valence-electron chi connectivity index (χ1n) is 7.85. The molecule has 3 aromatic rings. The third-order valence-electron chi connectivity index (χ3n) is 3.84. The number of azo groups is 1. The van der Waals surface area contributed by atoms with Crippen molar-refractivity contribution in [2.75, 3.05) is 0 Å². The van der Waals surface area contributed by atoms with Crippen LogP contribution >= 0.6 is 39.1 Å². The Hall–Kier alpha value is -2.09. The summed E-state index contributed by atoms with van der Waals surface area (Å²) < 4.78 is 6.28. The van der Waals surface area contributed by atoms with Crippen LogP contribution in [0.5, 0.6) is 11.6 Å². The number of carbonyl (C=O) groups is 1. The zero-order valence-electron chi connectivity index (χ0n) is 14.3. The van der Waals surface area contributed by atoms with E-state index >= 15 is 0 Å².